The molecule has 2 N–H and O–H groups in total. The number of thiophene rings is 1. The van der Waals surface area contributed by atoms with Gasteiger partial charge >= 0.3 is 0 Å². The molecule has 7 heteroatoms. The number of morpholine rings is 1. The lowest BCUT2D eigenvalue weighted by molar-refractivity contribution is -0.907. The van der Waals surface area contributed by atoms with Gasteiger partial charge in [-0.1, -0.05) is 36.4 Å². The second-order valence-electron chi connectivity index (χ2n) is 6.99. The summed E-state index contributed by atoms with van der Waals surface area (Å²) in [5.74, 6) is -1.18. The number of hydrogen-bond acceptors (Lipinski definition) is 5. The van der Waals surface area contributed by atoms with Crippen molar-refractivity contribution in [2.45, 2.75) is 6.04 Å². The third kappa shape index (κ3) is 3.61. The van der Waals surface area contributed by atoms with E-state index in [1.165, 1.54) is 16.2 Å². The molecule has 2 aliphatic heterocycles. The quantitative estimate of drug-likeness (QED) is 0.717. The van der Waals surface area contributed by atoms with E-state index in [4.69, 9.17) is 4.74 Å². The van der Waals surface area contributed by atoms with Crippen LogP contribution in [0.1, 0.15) is 21.3 Å². The van der Waals surface area contributed by atoms with Crippen molar-refractivity contribution in [2.75, 3.05) is 39.4 Å². The van der Waals surface area contributed by atoms with Crippen molar-refractivity contribution in [3.63, 3.8) is 0 Å². The molecule has 1 aromatic carbocycles. The fraction of sp³-hybridized carbons (Fsp3) is 0.333. The second kappa shape index (κ2) is 8.26. The largest absolute Gasteiger partial charge is 0.503 e. The lowest BCUT2D eigenvalue weighted by Crippen LogP contribution is -3.14. The van der Waals surface area contributed by atoms with Crippen LogP contribution in [0.4, 0.5) is 0 Å². The first-order valence-electron chi connectivity index (χ1n) is 9.45. The number of carbonyl (C=O) groups excluding carboxylic acids is 2. The van der Waals surface area contributed by atoms with Crippen LogP contribution in [0.2, 0.25) is 0 Å². The molecule has 0 radical (unpaired) electrons. The van der Waals surface area contributed by atoms with Gasteiger partial charge in [0.25, 0.3) is 5.91 Å². The van der Waals surface area contributed by atoms with Gasteiger partial charge in [-0.25, -0.2) is 0 Å². The fourth-order valence-electron chi connectivity index (χ4n) is 3.83. The Morgan fingerprint density at radius 3 is 2.61 bits per heavy atom. The van der Waals surface area contributed by atoms with Gasteiger partial charge in [-0.15, -0.1) is 11.3 Å². The van der Waals surface area contributed by atoms with E-state index in [1.54, 1.807) is 17.0 Å². The minimum absolute atomic E-state index is 0.177. The highest BCUT2D eigenvalue weighted by Crippen LogP contribution is 2.39. The molecular weight excluding hydrogens is 376 g/mol. The highest BCUT2D eigenvalue weighted by atomic mass is 32.1. The third-order valence-electron chi connectivity index (χ3n) is 5.31. The molecule has 4 rings (SSSR count). The smallest absolute Gasteiger partial charge is 0.290 e. The number of benzene rings is 1. The summed E-state index contributed by atoms with van der Waals surface area (Å²) < 4.78 is 5.40. The SMILES string of the molecule is O=C(C1=C(O)C(=O)N(CC[NH+]2CCOCC2)C1c1ccccc1)c1cccs1. The van der Waals surface area contributed by atoms with Gasteiger partial charge in [0, 0.05) is 0 Å². The zero-order valence-electron chi connectivity index (χ0n) is 15.5. The summed E-state index contributed by atoms with van der Waals surface area (Å²) in [6.45, 7) is 4.47. The number of hydrogen-bond donors (Lipinski definition) is 2. The number of nitrogens with zero attached hydrogens (tertiary/aromatic N) is 1. The summed E-state index contributed by atoms with van der Waals surface area (Å²) in [5.41, 5.74) is 1.01. The van der Waals surface area contributed by atoms with Crippen molar-refractivity contribution < 1.29 is 24.3 Å². The molecule has 146 valence electrons. The normalized spacial score (nSPS) is 20.8. The first-order valence-corrected chi connectivity index (χ1v) is 10.3. The monoisotopic (exact) mass is 399 g/mol. The van der Waals surface area contributed by atoms with Crippen molar-refractivity contribution in [1.29, 1.82) is 0 Å². The molecule has 1 unspecified atom stereocenters. The van der Waals surface area contributed by atoms with Gasteiger partial charge in [-0.3, -0.25) is 9.59 Å². The third-order valence-corrected chi connectivity index (χ3v) is 6.18. The second-order valence-corrected chi connectivity index (χ2v) is 7.94. The number of quaternary nitrogens is 1. The van der Waals surface area contributed by atoms with E-state index in [0.29, 0.717) is 11.4 Å². The summed E-state index contributed by atoms with van der Waals surface area (Å²) in [5, 5.41) is 12.4. The topological polar surface area (TPSA) is 71.3 Å². The van der Waals surface area contributed by atoms with Gasteiger partial charge < -0.3 is 19.6 Å². The summed E-state index contributed by atoms with van der Waals surface area (Å²) in [6.07, 6.45) is 0. The van der Waals surface area contributed by atoms with E-state index < -0.39 is 17.7 Å². The highest BCUT2D eigenvalue weighted by molar-refractivity contribution is 7.12. The Morgan fingerprint density at radius 1 is 1.18 bits per heavy atom. The molecule has 6 nitrogen and oxygen atoms in total. The lowest BCUT2D eigenvalue weighted by Gasteiger charge is -2.30. The van der Waals surface area contributed by atoms with Gasteiger partial charge in [-0.05, 0) is 17.0 Å². The van der Waals surface area contributed by atoms with Crippen LogP contribution in [0.15, 0.2) is 59.2 Å². The molecule has 1 saturated heterocycles. The Morgan fingerprint density at radius 2 is 1.93 bits per heavy atom. The zero-order chi connectivity index (χ0) is 19.5. The maximum Gasteiger partial charge on any atom is 0.290 e. The summed E-state index contributed by atoms with van der Waals surface area (Å²) in [7, 11) is 0. The average Bonchev–Trinajstić information content (AvgIpc) is 3.36. The minimum Gasteiger partial charge on any atom is -0.503 e. The molecule has 2 aromatic rings. The van der Waals surface area contributed by atoms with Crippen LogP contribution in [-0.2, 0) is 9.53 Å². The van der Waals surface area contributed by atoms with Crippen LogP contribution in [0, 0.1) is 0 Å². The van der Waals surface area contributed by atoms with Gasteiger partial charge in [0.2, 0.25) is 5.78 Å². The molecule has 1 fully saturated rings. The highest BCUT2D eigenvalue weighted by Gasteiger charge is 2.44. The number of amides is 1. The van der Waals surface area contributed by atoms with Gasteiger partial charge in [0.05, 0.1) is 42.8 Å². The predicted molar refractivity (Wildman–Crippen MR) is 106 cm³/mol. The zero-order valence-corrected chi connectivity index (χ0v) is 16.3. The lowest BCUT2D eigenvalue weighted by atomic mass is 9.95. The van der Waals surface area contributed by atoms with Crippen LogP contribution in [0.5, 0.6) is 0 Å². The van der Waals surface area contributed by atoms with Gasteiger partial charge in [-0.2, -0.15) is 0 Å². The maximum absolute atomic E-state index is 13.1. The van der Waals surface area contributed by atoms with E-state index in [0.717, 1.165) is 38.4 Å². The number of Topliss-reactive ketones (excluding diaryl/α,β-unsaturated/α-hetero) is 1. The number of ether oxygens (including phenoxy) is 1. The number of aliphatic hydroxyl groups excluding tert-OH is 1. The predicted octanol–water partition coefficient (Wildman–Crippen LogP) is 1.24. The van der Waals surface area contributed by atoms with Gasteiger partial charge in [0.15, 0.2) is 5.76 Å². The van der Waals surface area contributed by atoms with Crippen molar-refractivity contribution >= 4 is 23.0 Å². The number of ketones is 1. The van der Waals surface area contributed by atoms with E-state index in [1.807, 2.05) is 35.7 Å². The van der Waals surface area contributed by atoms with Crippen molar-refractivity contribution in [3.8, 4) is 0 Å². The summed E-state index contributed by atoms with van der Waals surface area (Å²) in [6, 6.07) is 12.4. The number of nitrogens with one attached hydrogen (secondary N) is 1. The molecule has 2 aliphatic rings. The molecular formula is C21H23N2O4S+. The van der Waals surface area contributed by atoms with Crippen LogP contribution in [0.3, 0.4) is 0 Å². The van der Waals surface area contributed by atoms with Crippen LogP contribution < -0.4 is 4.90 Å². The van der Waals surface area contributed by atoms with E-state index in [-0.39, 0.29) is 11.4 Å². The van der Waals surface area contributed by atoms with Gasteiger partial charge in [0.1, 0.15) is 13.1 Å². The van der Waals surface area contributed by atoms with Crippen LogP contribution in [0.25, 0.3) is 0 Å². The number of carbonyl (C=O) groups is 2. The number of aliphatic hydroxyl groups is 1. The molecule has 1 aromatic heterocycles. The molecule has 1 atom stereocenters. The molecule has 0 aliphatic carbocycles. The maximum atomic E-state index is 13.1. The van der Waals surface area contributed by atoms with E-state index >= 15 is 0 Å². The van der Waals surface area contributed by atoms with Crippen molar-refractivity contribution in [1.82, 2.24) is 4.90 Å². The molecule has 0 saturated carbocycles. The van der Waals surface area contributed by atoms with Crippen molar-refractivity contribution in [2.24, 2.45) is 0 Å². The minimum atomic E-state index is -0.566. The Bertz CT molecular complexity index is 873. The molecule has 3 heterocycles. The van der Waals surface area contributed by atoms with E-state index in [9.17, 15) is 14.7 Å². The Labute approximate surface area is 167 Å². The molecule has 1 amide bonds. The van der Waals surface area contributed by atoms with Crippen LogP contribution >= 0.6 is 11.3 Å². The fourth-order valence-corrected chi connectivity index (χ4v) is 4.51. The summed E-state index contributed by atoms with van der Waals surface area (Å²) in [4.78, 5) is 29.5. The van der Waals surface area contributed by atoms with Crippen molar-refractivity contribution in [3.05, 3.63) is 69.6 Å². The first kappa shape index (κ1) is 18.9. The Balaban J connectivity index is 1.64. The molecule has 28 heavy (non-hydrogen) atoms. The molecule has 0 spiro atoms. The average molecular weight is 399 g/mol. The van der Waals surface area contributed by atoms with E-state index in [2.05, 4.69) is 0 Å². The standard InChI is InChI=1S/C21H22N2O4S/c24-19(16-7-4-14-28-16)17-18(15-5-2-1-3-6-15)23(21(26)20(17)25)9-8-22-10-12-27-13-11-22/h1-7,14,18,25H,8-13H2/p+1. The molecule has 0 bridgehead atoms. The Kier molecular flexibility index (Phi) is 5.57. The first-order chi connectivity index (χ1) is 13.7. The van der Waals surface area contributed by atoms with Crippen LogP contribution in [-0.4, -0.2) is 61.1 Å². The summed E-state index contributed by atoms with van der Waals surface area (Å²) >= 11 is 1.31. The Hall–Kier alpha value is -2.48. The number of rotatable bonds is 6.